The quantitative estimate of drug-likeness (QED) is 0.411. The molecule has 4 rings (SSSR count). The van der Waals surface area contributed by atoms with Crippen molar-refractivity contribution in [2.24, 2.45) is 0 Å². The molecule has 3 heterocycles. The highest BCUT2D eigenvalue weighted by Crippen LogP contribution is 2.20. The molecule has 0 aliphatic heterocycles. The van der Waals surface area contributed by atoms with Gasteiger partial charge in [-0.05, 0) is 32.0 Å². The van der Waals surface area contributed by atoms with Crippen LogP contribution in [-0.2, 0) is 5.41 Å². The van der Waals surface area contributed by atoms with Gasteiger partial charge in [-0.25, -0.2) is 34.3 Å². The number of benzene rings is 1. The fourth-order valence-corrected chi connectivity index (χ4v) is 2.49. The SMILES string of the molecule is CC.Cc1ncnc2ccc(F)cc12.Cc1ncnc2cnc(C(C)(C)C)nc12. The van der Waals surface area contributed by atoms with E-state index in [-0.39, 0.29) is 11.2 Å². The number of hydrogen-bond donors (Lipinski definition) is 0. The molecular weight excluding hydrogens is 367 g/mol. The summed E-state index contributed by atoms with van der Waals surface area (Å²) >= 11 is 0. The zero-order chi connectivity index (χ0) is 21.6. The van der Waals surface area contributed by atoms with Crippen LogP contribution in [0.4, 0.5) is 4.39 Å². The first kappa shape index (κ1) is 22.2. The van der Waals surface area contributed by atoms with E-state index in [2.05, 4.69) is 50.7 Å². The van der Waals surface area contributed by atoms with Crippen molar-refractivity contribution < 1.29 is 4.39 Å². The topological polar surface area (TPSA) is 77.3 Å². The fourth-order valence-electron chi connectivity index (χ4n) is 2.49. The molecule has 6 nitrogen and oxygen atoms in total. The van der Waals surface area contributed by atoms with Crippen LogP contribution in [0.1, 0.15) is 51.8 Å². The monoisotopic (exact) mass is 394 g/mol. The van der Waals surface area contributed by atoms with E-state index < -0.39 is 0 Å². The van der Waals surface area contributed by atoms with Gasteiger partial charge < -0.3 is 0 Å². The van der Waals surface area contributed by atoms with Gasteiger partial charge in [0.05, 0.1) is 17.4 Å². The highest BCUT2D eigenvalue weighted by Gasteiger charge is 2.18. The van der Waals surface area contributed by atoms with Crippen molar-refractivity contribution >= 4 is 21.9 Å². The molecule has 0 amide bonds. The Morgan fingerprint density at radius 1 is 0.793 bits per heavy atom. The number of rotatable bonds is 0. The molecule has 0 fully saturated rings. The Balaban J connectivity index is 0.000000194. The molecule has 0 spiro atoms. The highest BCUT2D eigenvalue weighted by molar-refractivity contribution is 5.80. The lowest BCUT2D eigenvalue weighted by atomic mass is 9.96. The van der Waals surface area contributed by atoms with Gasteiger partial charge in [-0.2, -0.15) is 0 Å². The van der Waals surface area contributed by atoms with E-state index in [1.165, 1.54) is 24.8 Å². The van der Waals surface area contributed by atoms with Crippen molar-refractivity contribution in [3.63, 3.8) is 0 Å². The summed E-state index contributed by atoms with van der Waals surface area (Å²) < 4.78 is 12.8. The fraction of sp³-hybridized carbons (Fsp3) is 0.364. The van der Waals surface area contributed by atoms with Crippen molar-refractivity contribution in [1.29, 1.82) is 0 Å². The molecule has 0 aliphatic rings. The van der Waals surface area contributed by atoms with Gasteiger partial charge in [0.2, 0.25) is 0 Å². The molecule has 0 bridgehead atoms. The van der Waals surface area contributed by atoms with E-state index in [9.17, 15) is 4.39 Å². The molecule has 152 valence electrons. The maximum Gasteiger partial charge on any atom is 0.134 e. The summed E-state index contributed by atoms with van der Waals surface area (Å²) in [5, 5.41) is 0.775. The molecule has 0 unspecified atom stereocenters. The molecule has 0 atom stereocenters. The van der Waals surface area contributed by atoms with Crippen molar-refractivity contribution in [3.05, 3.63) is 60.1 Å². The molecule has 1 aromatic carbocycles. The van der Waals surface area contributed by atoms with Crippen LogP contribution in [-0.4, -0.2) is 29.9 Å². The van der Waals surface area contributed by atoms with E-state index >= 15 is 0 Å². The van der Waals surface area contributed by atoms with Crippen molar-refractivity contribution in [2.75, 3.05) is 0 Å². The molecule has 3 aromatic heterocycles. The van der Waals surface area contributed by atoms with E-state index in [0.717, 1.165) is 39.1 Å². The summed E-state index contributed by atoms with van der Waals surface area (Å²) in [5.74, 6) is 0.577. The minimum atomic E-state index is -0.250. The van der Waals surface area contributed by atoms with Gasteiger partial charge in [0.25, 0.3) is 0 Å². The number of halogens is 1. The lowest BCUT2D eigenvalue weighted by Crippen LogP contribution is -2.16. The van der Waals surface area contributed by atoms with Crippen molar-refractivity contribution in [3.8, 4) is 0 Å². The van der Waals surface area contributed by atoms with Crippen molar-refractivity contribution in [2.45, 2.75) is 53.9 Å². The standard InChI is InChI=1S/C11H14N4.C9H7FN2.C2H6/c1-7-9-8(14-6-13-7)5-12-10(15-9)11(2,3)4;1-6-8-4-7(10)2-3-9(8)12-5-11-6;1-2/h5-6H,1-4H3;2-5H,1H3;1-2H3. The average Bonchev–Trinajstić information content (AvgIpc) is 2.70. The Bertz CT molecular complexity index is 1110. The summed E-state index contributed by atoms with van der Waals surface area (Å²) in [6, 6.07) is 4.50. The van der Waals surface area contributed by atoms with Crippen LogP contribution in [0.2, 0.25) is 0 Å². The van der Waals surface area contributed by atoms with Gasteiger partial charge in [0.15, 0.2) is 0 Å². The summed E-state index contributed by atoms with van der Waals surface area (Å²) in [6.45, 7) is 14.0. The zero-order valence-electron chi connectivity index (χ0n) is 18.0. The molecule has 0 radical (unpaired) electrons. The lowest BCUT2D eigenvalue weighted by Gasteiger charge is -2.16. The maximum absolute atomic E-state index is 12.8. The second-order valence-corrected chi connectivity index (χ2v) is 7.26. The number of hydrogen-bond acceptors (Lipinski definition) is 6. The number of aromatic nitrogens is 6. The summed E-state index contributed by atoms with van der Waals surface area (Å²) in [4.78, 5) is 25.1. The van der Waals surface area contributed by atoms with E-state index in [4.69, 9.17) is 0 Å². The second-order valence-electron chi connectivity index (χ2n) is 7.26. The summed E-state index contributed by atoms with van der Waals surface area (Å²) in [7, 11) is 0. The molecule has 0 saturated heterocycles. The van der Waals surface area contributed by atoms with Crippen LogP contribution in [0.3, 0.4) is 0 Å². The smallest absolute Gasteiger partial charge is 0.134 e. The van der Waals surface area contributed by atoms with Crippen LogP contribution >= 0.6 is 0 Å². The van der Waals surface area contributed by atoms with Crippen LogP contribution in [0.15, 0.2) is 37.1 Å². The molecule has 0 N–H and O–H groups in total. The third-order valence-electron chi connectivity index (χ3n) is 4.03. The largest absolute Gasteiger partial charge is 0.241 e. The van der Waals surface area contributed by atoms with Gasteiger partial charge in [-0.15, -0.1) is 0 Å². The molecule has 4 aromatic rings. The van der Waals surface area contributed by atoms with Gasteiger partial charge in [0, 0.05) is 16.5 Å². The van der Waals surface area contributed by atoms with Gasteiger partial charge >= 0.3 is 0 Å². The third kappa shape index (κ3) is 5.47. The first-order valence-corrected chi connectivity index (χ1v) is 9.57. The minimum Gasteiger partial charge on any atom is -0.241 e. The third-order valence-corrected chi connectivity index (χ3v) is 4.03. The summed E-state index contributed by atoms with van der Waals surface area (Å²) in [6.07, 6.45) is 4.78. The van der Waals surface area contributed by atoms with Crippen LogP contribution < -0.4 is 0 Å². The Morgan fingerprint density at radius 3 is 2.07 bits per heavy atom. The minimum absolute atomic E-state index is 0.0452. The molecule has 29 heavy (non-hydrogen) atoms. The average molecular weight is 394 g/mol. The van der Waals surface area contributed by atoms with Crippen LogP contribution in [0, 0.1) is 19.7 Å². The highest BCUT2D eigenvalue weighted by atomic mass is 19.1. The molecule has 0 aliphatic carbocycles. The van der Waals surface area contributed by atoms with Gasteiger partial charge in [0.1, 0.15) is 35.3 Å². The van der Waals surface area contributed by atoms with E-state index in [0.29, 0.717) is 0 Å². The van der Waals surface area contributed by atoms with E-state index in [1.54, 1.807) is 12.3 Å². The Morgan fingerprint density at radius 2 is 1.41 bits per heavy atom. The van der Waals surface area contributed by atoms with Crippen LogP contribution in [0.25, 0.3) is 21.9 Å². The van der Waals surface area contributed by atoms with Crippen molar-refractivity contribution in [1.82, 2.24) is 29.9 Å². The molecule has 0 saturated carbocycles. The zero-order valence-corrected chi connectivity index (χ0v) is 18.0. The number of aryl methyl sites for hydroxylation is 2. The number of nitrogens with zero attached hydrogens (tertiary/aromatic N) is 6. The molecule has 7 heteroatoms. The summed E-state index contributed by atoms with van der Waals surface area (Å²) in [5.41, 5.74) is 4.08. The first-order valence-electron chi connectivity index (χ1n) is 9.57. The predicted octanol–water partition coefficient (Wildman–Crippen LogP) is 5.13. The second kappa shape index (κ2) is 9.41. The van der Waals surface area contributed by atoms with Gasteiger partial charge in [-0.3, -0.25) is 0 Å². The van der Waals surface area contributed by atoms with Crippen LogP contribution in [0.5, 0.6) is 0 Å². The maximum atomic E-state index is 12.8. The first-order chi connectivity index (χ1) is 13.8. The molecular formula is C22H27FN6. The van der Waals surface area contributed by atoms with E-state index in [1.807, 2.05) is 27.7 Å². The Hall–Kier alpha value is -3.09. The lowest BCUT2D eigenvalue weighted by molar-refractivity contribution is 0.548. The normalized spacial score (nSPS) is 10.8. The number of fused-ring (bicyclic) bond motifs is 2. The predicted molar refractivity (Wildman–Crippen MR) is 114 cm³/mol. The Labute approximate surface area is 170 Å². The van der Waals surface area contributed by atoms with Gasteiger partial charge in [-0.1, -0.05) is 34.6 Å². The Kier molecular flexibility index (Phi) is 7.20.